The fourth-order valence-electron chi connectivity index (χ4n) is 2.44. The lowest BCUT2D eigenvalue weighted by Gasteiger charge is -2.36. The molecule has 1 aliphatic carbocycles. The smallest absolute Gasteiger partial charge is 0.224 e. The number of methoxy groups -OCH3 is 2. The third-order valence-corrected chi connectivity index (χ3v) is 3.73. The first kappa shape index (κ1) is 14.8. The van der Waals surface area contributed by atoms with Crippen molar-refractivity contribution in [1.82, 2.24) is 5.32 Å². The van der Waals surface area contributed by atoms with Crippen molar-refractivity contribution in [3.63, 3.8) is 0 Å². The van der Waals surface area contributed by atoms with Gasteiger partial charge in [-0.25, -0.2) is 4.39 Å². The number of carbonyl (C=O) groups excluding carboxylic acids is 1. The second-order valence-electron chi connectivity index (χ2n) is 5.11. The molecule has 0 bridgehead atoms. The molecule has 1 amide bonds. The van der Waals surface area contributed by atoms with Gasteiger partial charge in [0.25, 0.3) is 0 Å². The first-order valence-electron chi connectivity index (χ1n) is 6.74. The van der Waals surface area contributed by atoms with Gasteiger partial charge in [-0.05, 0) is 30.5 Å². The monoisotopic (exact) mass is 281 g/mol. The van der Waals surface area contributed by atoms with E-state index < -0.39 is 5.82 Å². The van der Waals surface area contributed by atoms with E-state index in [0.29, 0.717) is 18.1 Å². The van der Waals surface area contributed by atoms with Crippen molar-refractivity contribution in [2.75, 3.05) is 20.8 Å². The van der Waals surface area contributed by atoms with E-state index in [9.17, 15) is 9.18 Å². The number of benzene rings is 1. The summed E-state index contributed by atoms with van der Waals surface area (Å²) in [4.78, 5) is 11.9. The van der Waals surface area contributed by atoms with Crippen LogP contribution in [0.2, 0.25) is 0 Å². The van der Waals surface area contributed by atoms with Crippen LogP contribution in [-0.2, 0) is 16.0 Å². The fourth-order valence-corrected chi connectivity index (χ4v) is 2.44. The number of nitrogens with one attached hydrogen (secondary N) is 1. The normalized spacial score (nSPS) is 21.1. The van der Waals surface area contributed by atoms with Gasteiger partial charge in [-0.3, -0.25) is 4.79 Å². The highest BCUT2D eigenvalue weighted by atomic mass is 19.1. The number of halogens is 1. The van der Waals surface area contributed by atoms with Gasteiger partial charge in [-0.1, -0.05) is 6.07 Å². The summed E-state index contributed by atoms with van der Waals surface area (Å²) in [6.07, 6.45) is 2.24. The summed E-state index contributed by atoms with van der Waals surface area (Å²) in [5, 5.41) is 2.98. The zero-order valence-corrected chi connectivity index (χ0v) is 11.8. The third-order valence-electron chi connectivity index (χ3n) is 3.73. The Bertz CT molecular complexity index is 478. The molecule has 1 aromatic carbocycles. The van der Waals surface area contributed by atoms with Crippen LogP contribution < -0.4 is 10.1 Å². The Balaban J connectivity index is 1.87. The molecule has 0 saturated heterocycles. The van der Waals surface area contributed by atoms with Crippen molar-refractivity contribution in [2.45, 2.75) is 25.3 Å². The average molecular weight is 281 g/mol. The molecule has 1 aliphatic rings. The standard InChI is InChI=1S/C15H20FNO3/c1-19-9-11-4-5-13(11)17-15(18)8-10-3-6-14(20-2)12(16)7-10/h3,6-7,11,13H,4-5,8-9H2,1-2H3,(H,17,18)/t11-,13-/m1/s1. The Morgan fingerprint density at radius 2 is 2.20 bits per heavy atom. The number of hydrogen-bond acceptors (Lipinski definition) is 3. The minimum Gasteiger partial charge on any atom is -0.494 e. The van der Waals surface area contributed by atoms with Gasteiger partial charge < -0.3 is 14.8 Å². The summed E-state index contributed by atoms with van der Waals surface area (Å²) in [5.74, 6) is 0.0592. The van der Waals surface area contributed by atoms with Crippen molar-refractivity contribution in [3.8, 4) is 5.75 Å². The summed E-state index contributed by atoms with van der Waals surface area (Å²) >= 11 is 0. The Labute approximate surface area is 118 Å². The Morgan fingerprint density at radius 1 is 1.40 bits per heavy atom. The SMILES string of the molecule is COC[C@H]1CC[C@H]1NC(=O)Cc1ccc(OC)c(F)c1. The van der Waals surface area contributed by atoms with Crippen LogP contribution in [0.4, 0.5) is 4.39 Å². The van der Waals surface area contributed by atoms with Crippen molar-refractivity contribution in [2.24, 2.45) is 5.92 Å². The highest BCUT2D eigenvalue weighted by molar-refractivity contribution is 5.79. The van der Waals surface area contributed by atoms with Crippen LogP contribution in [0.1, 0.15) is 18.4 Å². The molecule has 4 nitrogen and oxygen atoms in total. The van der Waals surface area contributed by atoms with Gasteiger partial charge in [0.1, 0.15) is 0 Å². The minimum atomic E-state index is -0.446. The average Bonchev–Trinajstić information content (AvgIpc) is 2.41. The molecule has 0 heterocycles. The van der Waals surface area contributed by atoms with E-state index in [0.717, 1.165) is 12.8 Å². The minimum absolute atomic E-state index is 0.0830. The molecule has 0 aromatic heterocycles. The predicted molar refractivity (Wildman–Crippen MR) is 73.2 cm³/mol. The van der Waals surface area contributed by atoms with Gasteiger partial charge in [-0.2, -0.15) is 0 Å². The number of rotatable bonds is 6. The van der Waals surface area contributed by atoms with E-state index in [1.807, 2.05) is 0 Å². The molecule has 1 aromatic rings. The molecule has 0 radical (unpaired) electrons. The molecule has 20 heavy (non-hydrogen) atoms. The van der Waals surface area contributed by atoms with Crippen LogP contribution in [0.5, 0.6) is 5.75 Å². The Kier molecular flexibility index (Phi) is 4.95. The quantitative estimate of drug-likeness (QED) is 0.866. The van der Waals surface area contributed by atoms with Crippen molar-refractivity contribution >= 4 is 5.91 Å². The number of carbonyl (C=O) groups is 1. The first-order valence-corrected chi connectivity index (χ1v) is 6.74. The lowest BCUT2D eigenvalue weighted by Crippen LogP contribution is -2.48. The number of hydrogen-bond donors (Lipinski definition) is 1. The molecular formula is C15H20FNO3. The largest absolute Gasteiger partial charge is 0.494 e. The van der Waals surface area contributed by atoms with Crippen molar-refractivity contribution in [1.29, 1.82) is 0 Å². The number of amides is 1. The van der Waals surface area contributed by atoms with Crippen LogP contribution in [0.25, 0.3) is 0 Å². The van der Waals surface area contributed by atoms with Gasteiger partial charge in [0.2, 0.25) is 5.91 Å². The Morgan fingerprint density at radius 3 is 2.75 bits per heavy atom. The summed E-state index contributed by atoms with van der Waals surface area (Å²) in [5.41, 5.74) is 0.642. The molecule has 1 fully saturated rings. The maximum absolute atomic E-state index is 13.5. The molecular weight excluding hydrogens is 261 g/mol. The Hall–Kier alpha value is -1.62. The molecule has 2 rings (SSSR count). The summed E-state index contributed by atoms with van der Waals surface area (Å²) in [6.45, 7) is 0.669. The highest BCUT2D eigenvalue weighted by Gasteiger charge is 2.31. The zero-order valence-electron chi connectivity index (χ0n) is 11.8. The fraction of sp³-hybridized carbons (Fsp3) is 0.533. The van der Waals surface area contributed by atoms with Crippen molar-refractivity contribution < 1.29 is 18.7 Å². The maximum atomic E-state index is 13.5. The maximum Gasteiger partial charge on any atom is 0.224 e. The molecule has 5 heteroatoms. The van der Waals surface area contributed by atoms with E-state index in [-0.39, 0.29) is 24.1 Å². The van der Waals surface area contributed by atoms with Crippen LogP contribution in [0.3, 0.4) is 0 Å². The first-order chi connectivity index (χ1) is 9.63. The van der Waals surface area contributed by atoms with Gasteiger partial charge in [0.05, 0.1) is 20.1 Å². The van der Waals surface area contributed by atoms with Crippen LogP contribution >= 0.6 is 0 Å². The lowest BCUT2D eigenvalue weighted by molar-refractivity contribution is -0.122. The predicted octanol–water partition coefficient (Wildman–Crippen LogP) is 1.92. The van der Waals surface area contributed by atoms with Crippen LogP contribution in [0, 0.1) is 11.7 Å². The van der Waals surface area contributed by atoms with E-state index in [2.05, 4.69) is 5.32 Å². The van der Waals surface area contributed by atoms with Crippen LogP contribution in [-0.4, -0.2) is 32.8 Å². The van der Waals surface area contributed by atoms with E-state index in [1.54, 1.807) is 13.2 Å². The second-order valence-corrected chi connectivity index (χ2v) is 5.11. The van der Waals surface area contributed by atoms with Gasteiger partial charge in [-0.15, -0.1) is 0 Å². The highest BCUT2D eigenvalue weighted by Crippen LogP contribution is 2.27. The van der Waals surface area contributed by atoms with E-state index in [4.69, 9.17) is 9.47 Å². The summed E-state index contributed by atoms with van der Waals surface area (Å²) in [6, 6.07) is 4.76. The molecule has 0 unspecified atom stereocenters. The van der Waals surface area contributed by atoms with E-state index >= 15 is 0 Å². The zero-order chi connectivity index (χ0) is 14.5. The van der Waals surface area contributed by atoms with Gasteiger partial charge in [0.15, 0.2) is 11.6 Å². The summed E-state index contributed by atoms with van der Waals surface area (Å²) < 4.78 is 23.5. The molecule has 1 saturated carbocycles. The topological polar surface area (TPSA) is 47.6 Å². The molecule has 0 spiro atoms. The summed E-state index contributed by atoms with van der Waals surface area (Å²) in [7, 11) is 3.08. The molecule has 2 atom stereocenters. The number of ether oxygens (including phenoxy) is 2. The molecule has 110 valence electrons. The second kappa shape index (κ2) is 6.70. The van der Waals surface area contributed by atoms with Crippen LogP contribution in [0.15, 0.2) is 18.2 Å². The van der Waals surface area contributed by atoms with Gasteiger partial charge in [0, 0.05) is 19.1 Å². The lowest BCUT2D eigenvalue weighted by atomic mass is 9.80. The third kappa shape index (κ3) is 3.48. The molecule has 1 N–H and O–H groups in total. The van der Waals surface area contributed by atoms with Gasteiger partial charge >= 0.3 is 0 Å². The van der Waals surface area contributed by atoms with Crippen molar-refractivity contribution in [3.05, 3.63) is 29.6 Å². The van der Waals surface area contributed by atoms with E-state index in [1.165, 1.54) is 19.2 Å². The molecule has 0 aliphatic heterocycles.